The van der Waals surface area contributed by atoms with Crippen LogP contribution in [-0.2, 0) is 17.6 Å². The number of nitrogens with one attached hydrogen (secondary N) is 2. The SMILES string of the molecule is CC(C)c1nc2c([nH]1)CC(C(=O)NC(C)c1cccnc1)CC2. The first-order valence-electron chi connectivity index (χ1n) is 8.32. The van der Waals surface area contributed by atoms with Gasteiger partial charge in [0.15, 0.2) is 0 Å². The summed E-state index contributed by atoms with van der Waals surface area (Å²) < 4.78 is 0. The number of carbonyl (C=O) groups excluding carboxylic acids is 1. The molecule has 0 spiro atoms. The highest BCUT2D eigenvalue weighted by atomic mass is 16.1. The first-order chi connectivity index (χ1) is 11.0. The van der Waals surface area contributed by atoms with Crippen LogP contribution in [0.25, 0.3) is 0 Å². The fourth-order valence-corrected chi connectivity index (χ4v) is 3.05. The molecule has 2 aromatic rings. The normalized spacial score (nSPS) is 18.5. The summed E-state index contributed by atoms with van der Waals surface area (Å²) in [4.78, 5) is 24.7. The van der Waals surface area contributed by atoms with Gasteiger partial charge in [-0.25, -0.2) is 4.98 Å². The maximum Gasteiger partial charge on any atom is 0.223 e. The Balaban J connectivity index is 1.65. The fourth-order valence-electron chi connectivity index (χ4n) is 3.05. The molecular formula is C18H24N4O. The van der Waals surface area contributed by atoms with Gasteiger partial charge in [0.2, 0.25) is 5.91 Å². The van der Waals surface area contributed by atoms with Crippen molar-refractivity contribution in [3.05, 3.63) is 47.3 Å². The summed E-state index contributed by atoms with van der Waals surface area (Å²) >= 11 is 0. The summed E-state index contributed by atoms with van der Waals surface area (Å²) in [5, 5.41) is 3.11. The molecule has 0 fully saturated rings. The van der Waals surface area contributed by atoms with E-state index in [-0.39, 0.29) is 17.9 Å². The van der Waals surface area contributed by atoms with Crippen LogP contribution in [0.5, 0.6) is 0 Å². The number of hydrogen-bond acceptors (Lipinski definition) is 3. The second-order valence-corrected chi connectivity index (χ2v) is 6.66. The standard InChI is InChI=1S/C18H24N4O/c1-11(2)17-21-15-7-6-13(9-16(15)22-17)18(23)20-12(3)14-5-4-8-19-10-14/h4-5,8,10-13H,6-7,9H2,1-3H3,(H,20,23)(H,21,22). The molecule has 1 amide bonds. The molecule has 3 rings (SSSR count). The Labute approximate surface area is 136 Å². The van der Waals surface area contributed by atoms with Crippen LogP contribution in [-0.4, -0.2) is 20.9 Å². The molecule has 5 heteroatoms. The average molecular weight is 312 g/mol. The van der Waals surface area contributed by atoms with Crippen molar-refractivity contribution in [2.75, 3.05) is 0 Å². The summed E-state index contributed by atoms with van der Waals surface area (Å²) in [5.74, 6) is 1.55. The number of aryl methyl sites for hydroxylation is 1. The van der Waals surface area contributed by atoms with Gasteiger partial charge in [-0.1, -0.05) is 19.9 Å². The number of carbonyl (C=O) groups is 1. The number of nitrogens with zero attached hydrogens (tertiary/aromatic N) is 2. The molecule has 23 heavy (non-hydrogen) atoms. The van der Waals surface area contributed by atoms with Gasteiger partial charge < -0.3 is 10.3 Å². The average Bonchev–Trinajstić information content (AvgIpc) is 2.99. The van der Waals surface area contributed by atoms with Gasteiger partial charge in [0, 0.05) is 36.3 Å². The predicted octanol–water partition coefficient (Wildman–Crippen LogP) is 2.91. The molecule has 0 radical (unpaired) electrons. The predicted molar refractivity (Wildman–Crippen MR) is 89.0 cm³/mol. The molecule has 0 bridgehead atoms. The van der Waals surface area contributed by atoms with E-state index in [0.717, 1.165) is 42.0 Å². The molecule has 0 aromatic carbocycles. The van der Waals surface area contributed by atoms with Gasteiger partial charge in [0.05, 0.1) is 11.7 Å². The third-order valence-electron chi connectivity index (χ3n) is 4.52. The molecule has 2 heterocycles. The highest BCUT2D eigenvalue weighted by molar-refractivity contribution is 5.79. The largest absolute Gasteiger partial charge is 0.349 e. The Morgan fingerprint density at radius 1 is 1.39 bits per heavy atom. The Morgan fingerprint density at radius 2 is 2.22 bits per heavy atom. The van der Waals surface area contributed by atoms with Crippen LogP contribution in [0.15, 0.2) is 24.5 Å². The van der Waals surface area contributed by atoms with Gasteiger partial charge in [-0.2, -0.15) is 0 Å². The summed E-state index contributed by atoms with van der Waals surface area (Å²) in [6.45, 7) is 6.25. The zero-order valence-corrected chi connectivity index (χ0v) is 14.0. The van der Waals surface area contributed by atoms with E-state index in [4.69, 9.17) is 0 Å². The van der Waals surface area contributed by atoms with E-state index in [2.05, 4.69) is 34.1 Å². The lowest BCUT2D eigenvalue weighted by molar-refractivity contribution is -0.126. The third-order valence-corrected chi connectivity index (χ3v) is 4.52. The molecule has 122 valence electrons. The molecule has 2 unspecified atom stereocenters. The van der Waals surface area contributed by atoms with Gasteiger partial charge in [0.25, 0.3) is 0 Å². The van der Waals surface area contributed by atoms with Gasteiger partial charge in [-0.05, 0) is 31.4 Å². The number of H-pyrrole nitrogens is 1. The van der Waals surface area contributed by atoms with Crippen molar-refractivity contribution in [1.29, 1.82) is 0 Å². The number of imidazole rings is 1. The molecule has 2 N–H and O–H groups in total. The Bertz CT molecular complexity index is 678. The van der Waals surface area contributed by atoms with Crippen LogP contribution < -0.4 is 5.32 Å². The Morgan fingerprint density at radius 3 is 2.91 bits per heavy atom. The molecule has 2 aromatic heterocycles. The summed E-state index contributed by atoms with van der Waals surface area (Å²) in [6.07, 6.45) is 6.03. The summed E-state index contributed by atoms with van der Waals surface area (Å²) in [6, 6.07) is 3.86. The number of rotatable bonds is 4. The topological polar surface area (TPSA) is 70.7 Å². The van der Waals surface area contributed by atoms with Crippen LogP contribution in [0.4, 0.5) is 0 Å². The number of pyridine rings is 1. The van der Waals surface area contributed by atoms with Crippen LogP contribution in [0.3, 0.4) is 0 Å². The van der Waals surface area contributed by atoms with E-state index in [9.17, 15) is 4.79 Å². The van der Waals surface area contributed by atoms with E-state index < -0.39 is 0 Å². The lowest BCUT2D eigenvalue weighted by Crippen LogP contribution is -2.35. The summed E-state index contributed by atoms with van der Waals surface area (Å²) in [5.41, 5.74) is 3.30. The summed E-state index contributed by atoms with van der Waals surface area (Å²) in [7, 11) is 0. The minimum Gasteiger partial charge on any atom is -0.349 e. The number of fused-ring (bicyclic) bond motifs is 1. The zero-order chi connectivity index (χ0) is 16.4. The molecule has 2 atom stereocenters. The maximum atomic E-state index is 12.6. The van der Waals surface area contributed by atoms with Crippen LogP contribution in [0.1, 0.15) is 61.9 Å². The van der Waals surface area contributed by atoms with Gasteiger partial charge in [-0.15, -0.1) is 0 Å². The number of amides is 1. The van der Waals surface area contributed by atoms with Crippen molar-refractivity contribution in [2.45, 2.75) is 52.0 Å². The lowest BCUT2D eigenvalue weighted by Gasteiger charge is -2.23. The van der Waals surface area contributed by atoms with Crippen LogP contribution in [0.2, 0.25) is 0 Å². The third kappa shape index (κ3) is 3.44. The molecule has 1 aliphatic rings. The second kappa shape index (κ2) is 6.52. The van der Waals surface area contributed by atoms with Gasteiger partial charge in [-0.3, -0.25) is 9.78 Å². The van der Waals surface area contributed by atoms with Crippen molar-refractivity contribution >= 4 is 5.91 Å². The van der Waals surface area contributed by atoms with E-state index in [1.165, 1.54) is 0 Å². The number of hydrogen-bond donors (Lipinski definition) is 2. The Kier molecular flexibility index (Phi) is 4.46. The lowest BCUT2D eigenvalue weighted by atomic mass is 9.89. The van der Waals surface area contributed by atoms with E-state index in [1.807, 2.05) is 19.1 Å². The van der Waals surface area contributed by atoms with Gasteiger partial charge in [0.1, 0.15) is 5.82 Å². The molecular weight excluding hydrogens is 288 g/mol. The zero-order valence-electron chi connectivity index (χ0n) is 14.0. The highest BCUT2D eigenvalue weighted by Gasteiger charge is 2.28. The first kappa shape index (κ1) is 15.7. The molecule has 0 saturated heterocycles. The number of aromatic nitrogens is 3. The van der Waals surface area contributed by atoms with E-state index in [0.29, 0.717) is 5.92 Å². The molecule has 0 saturated carbocycles. The number of aromatic amines is 1. The quantitative estimate of drug-likeness (QED) is 0.912. The van der Waals surface area contributed by atoms with Crippen molar-refractivity contribution in [3.8, 4) is 0 Å². The molecule has 1 aliphatic carbocycles. The first-order valence-corrected chi connectivity index (χ1v) is 8.32. The molecule has 5 nitrogen and oxygen atoms in total. The van der Waals surface area contributed by atoms with Crippen molar-refractivity contribution in [2.24, 2.45) is 5.92 Å². The van der Waals surface area contributed by atoms with Crippen molar-refractivity contribution < 1.29 is 4.79 Å². The van der Waals surface area contributed by atoms with E-state index >= 15 is 0 Å². The maximum absolute atomic E-state index is 12.6. The highest BCUT2D eigenvalue weighted by Crippen LogP contribution is 2.26. The Hall–Kier alpha value is -2.17. The minimum absolute atomic E-state index is 0.0158. The van der Waals surface area contributed by atoms with Crippen LogP contribution in [0, 0.1) is 5.92 Å². The monoisotopic (exact) mass is 312 g/mol. The fraction of sp³-hybridized carbons (Fsp3) is 0.500. The van der Waals surface area contributed by atoms with Crippen molar-refractivity contribution in [1.82, 2.24) is 20.3 Å². The van der Waals surface area contributed by atoms with E-state index in [1.54, 1.807) is 12.4 Å². The second-order valence-electron chi connectivity index (χ2n) is 6.66. The van der Waals surface area contributed by atoms with Gasteiger partial charge >= 0.3 is 0 Å². The minimum atomic E-state index is -0.0226. The molecule has 0 aliphatic heterocycles. The smallest absolute Gasteiger partial charge is 0.223 e. The van der Waals surface area contributed by atoms with Crippen molar-refractivity contribution in [3.63, 3.8) is 0 Å². The van der Waals surface area contributed by atoms with Crippen LogP contribution >= 0.6 is 0 Å².